The third kappa shape index (κ3) is 8.43. The number of aliphatic imine (C=N–C) groups is 1. The van der Waals surface area contributed by atoms with E-state index in [0.29, 0.717) is 18.9 Å². The molecular weight excluding hydrogens is 415 g/mol. The monoisotopic (exact) mass is 438 g/mol. The molecule has 0 heterocycles. The Bertz CT molecular complexity index is 494. The van der Waals surface area contributed by atoms with E-state index in [2.05, 4.69) is 15.6 Å². The minimum absolute atomic E-state index is 0. The summed E-state index contributed by atoms with van der Waals surface area (Å²) in [6, 6.07) is 7.80. The normalized spacial score (nSPS) is 10.6. The van der Waals surface area contributed by atoms with Crippen LogP contribution in [0, 0.1) is 0 Å². The molecule has 124 valence electrons. The molecule has 2 N–H and O–H groups in total. The predicted octanol–water partition coefficient (Wildman–Crippen LogP) is 2.14. The topological polar surface area (TPSA) is 56.7 Å². The molecule has 0 aliphatic carbocycles. The summed E-state index contributed by atoms with van der Waals surface area (Å²) in [6.07, 6.45) is 1.31. The van der Waals surface area contributed by atoms with E-state index < -0.39 is 0 Å². The first-order chi connectivity index (χ1) is 10.0. The third-order valence-electron chi connectivity index (χ3n) is 2.95. The third-order valence-corrected chi connectivity index (χ3v) is 3.18. The maximum Gasteiger partial charge on any atom is 0.223 e. The Hall–Kier alpha value is -1.02. The van der Waals surface area contributed by atoms with Gasteiger partial charge in [-0.05, 0) is 24.1 Å². The van der Waals surface area contributed by atoms with Crippen LogP contribution >= 0.6 is 35.6 Å². The smallest absolute Gasteiger partial charge is 0.223 e. The first-order valence-electron chi connectivity index (χ1n) is 6.92. The number of carbonyl (C=O) groups is 1. The van der Waals surface area contributed by atoms with E-state index in [4.69, 9.17) is 11.6 Å². The minimum atomic E-state index is 0. The van der Waals surface area contributed by atoms with Crippen LogP contribution < -0.4 is 10.6 Å². The average Bonchev–Trinajstić information content (AvgIpc) is 2.45. The van der Waals surface area contributed by atoms with Crippen molar-refractivity contribution in [2.24, 2.45) is 4.99 Å². The zero-order valence-electron chi connectivity index (χ0n) is 13.2. The highest BCUT2D eigenvalue weighted by Crippen LogP contribution is 2.10. The van der Waals surface area contributed by atoms with E-state index in [1.807, 2.05) is 24.3 Å². The number of hydrogen-bond donors (Lipinski definition) is 2. The maximum absolute atomic E-state index is 11.5. The van der Waals surface area contributed by atoms with Crippen LogP contribution in [0.4, 0.5) is 0 Å². The van der Waals surface area contributed by atoms with Crippen LogP contribution in [0.2, 0.25) is 5.02 Å². The molecule has 1 amide bonds. The molecule has 0 fully saturated rings. The number of amides is 1. The van der Waals surface area contributed by atoms with Gasteiger partial charge in [-0.1, -0.05) is 23.7 Å². The van der Waals surface area contributed by atoms with Gasteiger partial charge in [0.2, 0.25) is 5.91 Å². The molecule has 0 bridgehead atoms. The largest absolute Gasteiger partial charge is 0.356 e. The lowest BCUT2D eigenvalue weighted by atomic mass is 10.1. The van der Waals surface area contributed by atoms with Crippen molar-refractivity contribution in [2.75, 3.05) is 34.2 Å². The number of halogens is 2. The minimum Gasteiger partial charge on any atom is -0.356 e. The van der Waals surface area contributed by atoms with E-state index >= 15 is 0 Å². The second-order valence-electron chi connectivity index (χ2n) is 4.84. The van der Waals surface area contributed by atoms with Crippen molar-refractivity contribution in [3.63, 3.8) is 0 Å². The van der Waals surface area contributed by atoms with Gasteiger partial charge in [0.1, 0.15) is 0 Å². The highest BCUT2D eigenvalue weighted by atomic mass is 127. The van der Waals surface area contributed by atoms with E-state index in [1.54, 1.807) is 26.0 Å². The molecule has 0 saturated carbocycles. The molecule has 0 aliphatic heterocycles. The second kappa shape index (κ2) is 11.5. The summed E-state index contributed by atoms with van der Waals surface area (Å²) >= 11 is 5.94. The maximum atomic E-state index is 11.5. The van der Waals surface area contributed by atoms with Crippen molar-refractivity contribution in [1.29, 1.82) is 0 Å². The first kappa shape index (κ1) is 21.0. The fourth-order valence-electron chi connectivity index (χ4n) is 1.75. The van der Waals surface area contributed by atoms with E-state index in [9.17, 15) is 4.79 Å². The van der Waals surface area contributed by atoms with Crippen LogP contribution in [0.1, 0.15) is 12.0 Å². The molecular formula is C15H24ClIN4O. The van der Waals surface area contributed by atoms with Crippen molar-refractivity contribution in [3.05, 3.63) is 34.9 Å². The van der Waals surface area contributed by atoms with Crippen molar-refractivity contribution < 1.29 is 4.79 Å². The summed E-state index contributed by atoms with van der Waals surface area (Å²) in [4.78, 5) is 17.2. The van der Waals surface area contributed by atoms with Crippen LogP contribution in [0.15, 0.2) is 29.3 Å². The number of nitrogens with one attached hydrogen (secondary N) is 2. The summed E-state index contributed by atoms with van der Waals surface area (Å²) in [5, 5.41) is 7.08. The molecule has 22 heavy (non-hydrogen) atoms. The van der Waals surface area contributed by atoms with Gasteiger partial charge in [-0.15, -0.1) is 24.0 Å². The Kier molecular flexibility index (Phi) is 11.0. The molecule has 0 saturated heterocycles. The highest BCUT2D eigenvalue weighted by Gasteiger charge is 2.04. The van der Waals surface area contributed by atoms with Gasteiger partial charge >= 0.3 is 0 Å². The van der Waals surface area contributed by atoms with Crippen molar-refractivity contribution in [1.82, 2.24) is 15.5 Å². The molecule has 0 radical (unpaired) electrons. The Labute approximate surface area is 154 Å². The molecule has 5 nitrogen and oxygen atoms in total. The Balaban J connectivity index is 0.00000441. The number of benzene rings is 1. The molecule has 1 aromatic rings. The first-order valence-corrected chi connectivity index (χ1v) is 7.30. The van der Waals surface area contributed by atoms with Crippen molar-refractivity contribution >= 4 is 47.4 Å². The summed E-state index contributed by atoms with van der Waals surface area (Å²) < 4.78 is 0. The predicted molar refractivity (Wildman–Crippen MR) is 103 cm³/mol. The lowest BCUT2D eigenvalue weighted by Gasteiger charge is -2.13. The molecule has 0 spiro atoms. The Morgan fingerprint density at radius 1 is 1.27 bits per heavy atom. The number of carbonyl (C=O) groups excluding carboxylic acids is 1. The Morgan fingerprint density at radius 2 is 1.95 bits per heavy atom. The number of guanidine groups is 1. The Morgan fingerprint density at radius 3 is 2.55 bits per heavy atom. The molecule has 0 aliphatic rings. The zero-order chi connectivity index (χ0) is 15.7. The molecule has 1 aromatic carbocycles. The average molecular weight is 439 g/mol. The quantitative estimate of drug-likeness (QED) is 0.406. The van der Waals surface area contributed by atoms with Crippen LogP contribution in [-0.4, -0.2) is 51.0 Å². The van der Waals surface area contributed by atoms with Crippen molar-refractivity contribution in [2.45, 2.75) is 12.8 Å². The van der Waals surface area contributed by atoms with Gasteiger partial charge in [0.15, 0.2) is 5.96 Å². The summed E-state index contributed by atoms with van der Waals surface area (Å²) in [7, 11) is 5.21. The summed E-state index contributed by atoms with van der Waals surface area (Å²) in [5.41, 5.74) is 1.17. The molecule has 0 atom stereocenters. The highest BCUT2D eigenvalue weighted by molar-refractivity contribution is 14.0. The van der Waals surface area contributed by atoms with E-state index in [0.717, 1.165) is 18.0 Å². The van der Waals surface area contributed by atoms with Gasteiger partial charge in [-0.2, -0.15) is 0 Å². The standard InChI is InChI=1S/C15H23ClN4O.HI/c1-17-15(19-10-8-14(21)20(2)3)18-9-7-12-5-4-6-13(16)11-12;/h4-6,11H,7-10H2,1-3H3,(H2,17,18,19);1H. The summed E-state index contributed by atoms with van der Waals surface area (Å²) in [5.74, 6) is 0.792. The molecule has 1 rings (SSSR count). The number of rotatable bonds is 6. The van der Waals surface area contributed by atoms with Gasteiger partial charge in [-0.25, -0.2) is 0 Å². The van der Waals surface area contributed by atoms with Gasteiger partial charge in [0, 0.05) is 45.7 Å². The van der Waals surface area contributed by atoms with Gasteiger partial charge in [0.25, 0.3) is 0 Å². The van der Waals surface area contributed by atoms with Crippen LogP contribution in [0.25, 0.3) is 0 Å². The van der Waals surface area contributed by atoms with E-state index in [1.165, 1.54) is 5.56 Å². The fraction of sp³-hybridized carbons (Fsp3) is 0.467. The van der Waals surface area contributed by atoms with Crippen LogP contribution in [0.5, 0.6) is 0 Å². The lowest BCUT2D eigenvalue weighted by molar-refractivity contribution is -0.128. The zero-order valence-corrected chi connectivity index (χ0v) is 16.3. The van der Waals surface area contributed by atoms with E-state index in [-0.39, 0.29) is 29.9 Å². The van der Waals surface area contributed by atoms with Crippen LogP contribution in [0.3, 0.4) is 0 Å². The molecule has 0 unspecified atom stereocenters. The SMILES string of the molecule is CN=C(NCCC(=O)N(C)C)NCCc1cccc(Cl)c1.I. The van der Waals surface area contributed by atoms with Gasteiger partial charge in [-0.3, -0.25) is 9.79 Å². The van der Waals surface area contributed by atoms with Gasteiger partial charge in [0.05, 0.1) is 0 Å². The van der Waals surface area contributed by atoms with Crippen LogP contribution in [-0.2, 0) is 11.2 Å². The number of hydrogen-bond acceptors (Lipinski definition) is 2. The van der Waals surface area contributed by atoms with Crippen molar-refractivity contribution in [3.8, 4) is 0 Å². The fourth-order valence-corrected chi connectivity index (χ4v) is 1.96. The molecule has 7 heteroatoms. The lowest BCUT2D eigenvalue weighted by Crippen LogP contribution is -2.40. The molecule has 0 aromatic heterocycles. The van der Waals surface area contributed by atoms with Gasteiger partial charge < -0.3 is 15.5 Å². The number of nitrogens with zero attached hydrogens (tertiary/aromatic N) is 2. The summed E-state index contributed by atoms with van der Waals surface area (Å²) in [6.45, 7) is 1.31. The second-order valence-corrected chi connectivity index (χ2v) is 5.28.